The van der Waals surface area contributed by atoms with Gasteiger partial charge in [0, 0.05) is 6.07 Å². The Bertz CT molecular complexity index is 963. The molecule has 0 aliphatic heterocycles. The minimum atomic E-state index is -3.99. The standard InChI is InChI=1S/C18H21ClN2O6S/c1-5-27-16-9-12(8-14(19)18(16)26-4)11-20-21-28(22,23)17-10-13(24-2)6-7-15(17)25-3/h6-11,21H,5H2,1-4H3/b20-11+. The summed E-state index contributed by atoms with van der Waals surface area (Å²) < 4.78 is 46.0. The number of hydrogen-bond acceptors (Lipinski definition) is 7. The normalized spacial score (nSPS) is 11.3. The van der Waals surface area contributed by atoms with Crippen molar-refractivity contribution in [2.75, 3.05) is 27.9 Å². The molecular formula is C18H21ClN2O6S. The van der Waals surface area contributed by atoms with Crippen LogP contribution < -0.4 is 23.8 Å². The molecule has 0 heterocycles. The van der Waals surface area contributed by atoms with Crippen molar-refractivity contribution in [3.8, 4) is 23.0 Å². The third kappa shape index (κ3) is 4.99. The Balaban J connectivity index is 2.29. The Kier molecular flexibility index (Phi) is 7.36. The van der Waals surface area contributed by atoms with Gasteiger partial charge in [-0.05, 0) is 36.8 Å². The van der Waals surface area contributed by atoms with Crippen molar-refractivity contribution in [2.24, 2.45) is 5.10 Å². The molecule has 1 N–H and O–H groups in total. The summed E-state index contributed by atoms with van der Waals surface area (Å²) in [4.78, 5) is 2.04. The van der Waals surface area contributed by atoms with Crippen molar-refractivity contribution < 1.29 is 27.4 Å². The van der Waals surface area contributed by atoms with Crippen molar-refractivity contribution in [3.05, 3.63) is 40.9 Å². The summed E-state index contributed by atoms with van der Waals surface area (Å²) in [6, 6.07) is 7.64. The van der Waals surface area contributed by atoms with Gasteiger partial charge in [0.2, 0.25) is 0 Å². The van der Waals surface area contributed by atoms with E-state index in [0.29, 0.717) is 34.4 Å². The molecule has 0 amide bonds. The number of hydrogen-bond donors (Lipinski definition) is 1. The molecule has 2 aromatic carbocycles. The monoisotopic (exact) mass is 428 g/mol. The first kappa shape index (κ1) is 21.6. The Morgan fingerprint density at radius 1 is 1.07 bits per heavy atom. The van der Waals surface area contributed by atoms with Gasteiger partial charge in [0.05, 0.1) is 39.2 Å². The zero-order chi connectivity index (χ0) is 20.7. The van der Waals surface area contributed by atoms with Crippen molar-refractivity contribution in [2.45, 2.75) is 11.8 Å². The van der Waals surface area contributed by atoms with E-state index in [1.54, 1.807) is 18.2 Å². The lowest BCUT2D eigenvalue weighted by Crippen LogP contribution is -2.19. The first-order valence-corrected chi connectivity index (χ1v) is 9.99. The number of halogens is 1. The highest BCUT2D eigenvalue weighted by Crippen LogP contribution is 2.36. The van der Waals surface area contributed by atoms with Crippen LogP contribution in [0.15, 0.2) is 40.3 Å². The SMILES string of the molecule is CCOc1cc(/C=N/NS(=O)(=O)c2cc(OC)ccc2OC)cc(Cl)c1OC. The summed E-state index contributed by atoms with van der Waals surface area (Å²) in [5.41, 5.74) is 0.523. The number of methoxy groups -OCH3 is 3. The molecule has 0 atom stereocenters. The van der Waals surface area contributed by atoms with Crippen LogP contribution in [0.3, 0.4) is 0 Å². The van der Waals surface area contributed by atoms with Crippen LogP contribution in [-0.2, 0) is 10.0 Å². The van der Waals surface area contributed by atoms with E-state index in [-0.39, 0.29) is 10.6 Å². The van der Waals surface area contributed by atoms with Crippen LogP contribution in [0.5, 0.6) is 23.0 Å². The lowest BCUT2D eigenvalue weighted by atomic mass is 10.2. The number of benzene rings is 2. The molecule has 2 aromatic rings. The first-order valence-electron chi connectivity index (χ1n) is 8.13. The minimum Gasteiger partial charge on any atom is -0.497 e. The lowest BCUT2D eigenvalue weighted by molar-refractivity contribution is 0.311. The number of rotatable bonds is 9. The van der Waals surface area contributed by atoms with Crippen LogP contribution in [-0.4, -0.2) is 42.6 Å². The summed E-state index contributed by atoms with van der Waals surface area (Å²) in [5.74, 6) is 1.35. The molecule has 0 aromatic heterocycles. The van der Waals surface area contributed by atoms with Gasteiger partial charge in [-0.15, -0.1) is 0 Å². The summed E-state index contributed by atoms with van der Waals surface area (Å²) in [5, 5.41) is 4.12. The predicted octanol–water partition coefficient (Wildman–Crippen LogP) is 3.08. The second-order valence-corrected chi connectivity index (χ2v) is 7.37. The van der Waals surface area contributed by atoms with Gasteiger partial charge in [0.25, 0.3) is 10.0 Å². The van der Waals surface area contributed by atoms with Crippen LogP contribution >= 0.6 is 11.6 Å². The molecule has 0 saturated carbocycles. The van der Waals surface area contributed by atoms with Gasteiger partial charge in [0.15, 0.2) is 11.5 Å². The molecule has 28 heavy (non-hydrogen) atoms. The highest BCUT2D eigenvalue weighted by Gasteiger charge is 2.20. The number of hydrazone groups is 1. The molecule has 0 bridgehead atoms. The average Bonchev–Trinajstić information content (AvgIpc) is 2.67. The Labute approximate surface area is 169 Å². The van der Waals surface area contributed by atoms with Crippen molar-refractivity contribution in [3.63, 3.8) is 0 Å². The Hall–Kier alpha value is -2.65. The molecule has 2 rings (SSSR count). The molecule has 0 aliphatic rings. The summed E-state index contributed by atoms with van der Waals surface area (Å²) in [7, 11) is 0.300. The first-order chi connectivity index (χ1) is 13.4. The maximum atomic E-state index is 12.6. The predicted molar refractivity (Wildman–Crippen MR) is 107 cm³/mol. The van der Waals surface area contributed by atoms with Crippen LogP contribution in [0.4, 0.5) is 0 Å². The molecular weight excluding hydrogens is 408 g/mol. The largest absolute Gasteiger partial charge is 0.497 e. The highest BCUT2D eigenvalue weighted by atomic mass is 35.5. The zero-order valence-electron chi connectivity index (χ0n) is 15.9. The maximum absolute atomic E-state index is 12.6. The molecule has 8 nitrogen and oxygen atoms in total. The van der Waals surface area contributed by atoms with Crippen molar-refractivity contribution in [1.29, 1.82) is 0 Å². The van der Waals surface area contributed by atoms with Gasteiger partial charge in [-0.25, -0.2) is 0 Å². The number of sulfonamides is 1. The van der Waals surface area contributed by atoms with E-state index in [2.05, 4.69) is 9.93 Å². The van der Waals surface area contributed by atoms with E-state index in [4.69, 9.17) is 30.5 Å². The fourth-order valence-electron chi connectivity index (χ4n) is 2.34. The third-order valence-corrected chi connectivity index (χ3v) is 5.11. The zero-order valence-corrected chi connectivity index (χ0v) is 17.4. The van der Waals surface area contributed by atoms with Gasteiger partial charge < -0.3 is 18.9 Å². The molecule has 0 unspecified atom stereocenters. The summed E-state index contributed by atoms with van der Waals surface area (Å²) in [6.45, 7) is 2.24. The topological polar surface area (TPSA) is 95.5 Å². The van der Waals surface area contributed by atoms with E-state index < -0.39 is 10.0 Å². The molecule has 10 heteroatoms. The van der Waals surface area contributed by atoms with Crippen LogP contribution in [0.1, 0.15) is 12.5 Å². The molecule has 0 aliphatic carbocycles. The lowest BCUT2D eigenvalue weighted by Gasteiger charge is -2.12. The molecule has 0 spiro atoms. The van der Waals surface area contributed by atoms with Crippen LogP contribution in [0.25, 0.3) is 0 Å². The molecule has 152 valence electrons. The van der Waals surface area contributed by atoms with E-state index in [0.717, 1.165) is 0 Å². The van der Waals surface area contributed by atoms with Gasteiger partial charge in [0.1, 0.15) is 16.4 Å². The summed E-state index contributed by atoms with van der Waals surface area (Å²) in [6.07, 6.45) is 1.30. The van der Waals surface area contributed by atoms with Gasteiger partial charge in [-0.1, -0.05) is 11.6 Å². The van der Waals surface area contributed by atoms with Gasteiger partial charge in [-0.2, -0.15) is 18.4 Å². The minimum absolute atomic E-state index is 0.103. The number of nitrogens with one attached hydrogen (secondary N) is 1. The van der Waals surface area contributed by atoms with E-state index >= 15 is 0 Å². The second kappa shape index (κ2) is 9.52. The highest BCUT2D eigenvalue weighted by molar-refractivity contribution is 7.89. The van der Waals surface area contributed by atoms with E-state index in [9.17, 15) is 8.42 Å². The fraction of sp³-hybridized carbons (Fsp3) is 0.278. The van der Waals surface area contributed by atoms with Gasteiger partial charge >= 0.3 is 0 Å². The molecule has 0 saturated heterocycles. The Morgan fingerprint density at radius 2 is 1.82 bits per heavy atom. The number of ether oxygens (including phenoxy) is 4. The van der Waals surface area contributed by atoms with Crippen molar-refractivity contribution in [1.82, 2.24) is 4.83 Å². The number of nitrogens with zero attached hydrogens (tertiary/aromatic N) is 1. The quantitative estimate of drug-likeness (QED) is 0.487. The summed E-state index contributed by atoms with van der Waals surface area (Å²) >= 11 is 6.17. The van der Waals surface area contributed by atoms with Crippen molar-refractivity contribution >= 4 is 27.8 Å². The third-order valence-electron chi connectivity index (χ3n) is 3.58. The maximum Gasteiger partial charge on any atom is 0.280 e. The van der Waals surface area contributed by atoms with Crippen LogP contribution in [0.2, 0.25) is 5.02 Å². The molecule has 0 radical (unpaired) electrons. The van der Waals surface area contributed by atoms with E-state index in [1.807, 2.05) is 6.92 Å². The van der Waals surface area contributed by atoms with Gasteiger partial charge in [-0.3, -0.25) is 0 Å². The second-order valence-electron chi connectivity index (χ2n) is 5.34. The fourth-order valence-corrected chi connectivity index (χ4v) is 3.61. The smallest absolute Gasteiger partial charge is 0.280 e. The van der Waals surface area contributed by atoms with Crippen LogP contribution in [0, 0.1) is 0 Å². The average molecular weight is 429 g/mol. The Morgan fingerprint density at radius 3 is 2.43 bits per heavy atom. The molecule has 0 fully saturated rings. The van der Waals surface area contributed by atoms with E-state index in [1.165, 1.54) is 39.7 Å².